The molecule has 1 amide bonds. The molecule has 0 fully saturated rings. The molecule has 1 aliphatic rings. The predicted molar refractivity (Wildman–Crippen MR) is 89.5 cm³/mol. The summed E-state index contributed by atoms with van der Waals surface area (Å²) in [7, 11) is 0. The van der Waals surface area contributed by atoms with Crippen molar-refractivity contribution in [1.82, 2.24) is 5.32 Å². The Labute approximate surface area is 135 Å². The van der Waals surface area contributed by atoms with E-state index in [1.54, 1.807) is 0 Å². The summed E-state index contributed by atoms with van der Waals surface area (Å²) < 4.78 is 5.15. The second-order valence-corrected chi connectivity index (χ2v) is 5.76. The van der Waals surface area contributed by atoms with Crippen LogP contribution < -0.4 is 5.32 Å². The smallest absolute Gasteiger partial charge is 0.224 e. The molecule has 0 atom stereocenters. The highest BCUT2D eigenvalue weighted by Gasteiger charge is 2.17. The van der Waals surface area contributed by atoms with Crippen molar-refractivity contribution in [2.45, 2.75) is 32.1 Å². The van der Waals surface area contributed by atoms with Crippen LogP contribution in [0.25, 0.3) is 10.8 Å². The summed E-state index contributed by atoms with van der Waals surface area (Å²) >= 11 is 0. The van der Waals surface area contributed by atoms with E-state index in [1.807, 2.05) is 12.1 Å². The average Bonchev–Trinajstić information content (AvgIpc) is 3.00. The number of allylic oxidation sites excluding steroid dienone is 2. The molecule has 0 saturated carbocycles. The molecule has 0 radical (unpaired) electrons. The number of aliphatic hydroxyl groups is 1. The van der Waals surface area contributed by atoms with Gasteiger partial charge >= 0.3 is 0 Å². The van der Waals surface area contributed by atoms with Gasteiger partial charge < -0.3 is 15.2 Å². The lowest BCUT2D eigenvalue weighted by Gasteiger charge is -2.10. The van der Waals surface area contributed by atoms with E-state index in [4.69, 9.17) is 9.84 Å². The molecule has 0 spiro atoms. The van der Waals surface area contributed by atoms with Gasteiger partial charge in [0, 0.05) is 12.8 Å². The summed E-state index contributed by atoms with van der Waals surface area (Å²) in [4.78, 5) is 12.1. The van der Waals surface area contributed by atoms with Crippen LogP contribution >= 0.6 is 0 Å². The Morgan fingerprint density at radius 2 is 1.96 bits per heavy atom. The number of aryl methyl sites for hydroxylation is 1. The summed E-state index contributed by atoms with van der Waals surface area (Å²) in [5.74, 6) is 0.709. The van der Waals surface area contributed by atoms with Gasteiger partial charge in [-0.2, -0.15) is 0 Å². The zero-order chi connectivity index (χ0) is 16.1. The third-order valence-electron chi connectivity index (χ3n) is 4.15. The van der Waals surface area contributed by atoms with Crippen molar-refractivity contribution in [3.05, 3.63) is 59.5 Å². The fourth-order valence-corrected chi connectivity index (χ4v) is 2.97. The van der Waals surface area contributed by atoms with Crippen molar-refractivity contribution in [2.24, 2.45) is 0 Å². The number of nitrogens with one attached hydrogen (secondary N) is 1. The quantitative estimate of drug-likeness (QED) is 0.805. The van der Waals surface area contributed by atoms with Crippen LogP contribution in [0.4, 0.5) is 0 Å². The summed E-state index contributed by atoms with van der Waals surface area (Å²) in [5.41, 5.74) is 1.98. The van der Waals surface area contributed by atoms with Crippen LogP contribution in [0.15, 0.2) is 53.9 Å². The Balaban J connectivity index is 1.58. The van der Waals surface area contributed by atoms with Crippen LogP contribution in [0.5, 0.6) is 0 Å². The number of hydrogen-bond donors (Lipinski definition) is 2. The zero-order valence-electron chi connectivity index (χ0n) is 13.0. The highest BCUT2D eigenvalue weighted by molar-refractivity contribution is 5.83. The molecule has 2 N–H and O–H groups in total. The number of ether oxygens (including phenoxy) is 1. The number of carbonyl (C=O) groups is 1. The minimum atomic E-state index is -0.341. The molecule has 0 aliphatic heterocycles. The van der Waals surface area contributed by atoms with Gasteiger partial charge in [-0.25, -0.2) is 0 Å². The first-order chi connectivity index (χ1) is 11.3. The largest absolute Gasteiger partial charge is 0.470 e. The van der Waals surface area contributed by atoms with Gasteiger partial charge in [-0.1, -0.05) is 42.5 Å². The number of rotatable bonds is 6. The van der Waals surface area contributed by atoms with Crippen molar-refractivity contribution in [2.75, 3.05) is 6.79 Å². The minimum absolute atomic E-state index is 0.00546. The fraction of sp³-hybridized carbons (Fsp3) is 0.316. The zero-order valence-corrected chi connectivity index (χ0v) is 13.0. The number of hydrogen-bond acceptors (Lipinski definition) is 3. The van der Waals surface area contributed by atoms with Crippen molar-refractivity contribution in [3.8, 4) is 0 Å². The Bertz CT molecular complexity index is 736. The first-order valence-electron chi connectivity index (χ1n) is 7.99. The first kappa shape index (κ1) is 15.6. The summed E-state index contributed by atoms with van der Waals surface area (Å²) in [6.45, 7) is -0.341. The van der Waals surface area contributed by atoms with Crippen LogP contribution in [0.1, 0.15) is 31.2 Å². The highest BCUT2D eigenvalue weighted by Crippen LogP contribution is 2.24. The molecule has 3 rings (SSSR count). The monoisotopic (exact) mass is 311 g/mol. The summed E-state index contributed by atoms with van der Waals surface area (Å²) in [6.07, 6.45) is 3.68. The molecule has 0 bridgehead atoms. The molecule has 120 valence electrons. The van der Waals surface area contributed by atoms with Crippen LogP contribution in [0, 0.1) is 0 Å². The molecule has 2 aromatic rings. The minimum Gasteiger partial charge on any atom is -0.470 e. The van der Waals surface area contributed by atoms with E-state index in [-0.39, 0.29) is 12.7 Å². The van der Waals surface area contributed by atoms with Crippen molar-refractivity contribution in [3.63, 3.8) is 0 Å². The highest BCUT2D eigenvalue weighted by atomic mass is 16.6. The molecular weight excluding hydrogens is 290 g/mol. The Kier molecular flexibility index (Phi) is 4.93. The van der Waals surface area contributed by atoms with Gasteiger partial charge in [0.1, 0.15) is 5.76 Å². The topological polar surface area (TPSA) is 58.6 Å². The van der Waals surface area contributed by atoms with E-state index < -0.39 is 0 Å². The molecule has 2 aromatic carbocycles. The van der Waals surface area contributed by atoms with E-state index in [0.29, 0.717) is 18.6 Å². The molecule has 4 heteroatoms. The third-order valence-corrected chi connectivity index (χ3v) is 4.15. The maximum Gasteiger partial charge on any atom is 0.224 e. The number of benzene rings is 2. The van der Waals surface area contributed by atoms with E-state index >= 15 is 0 Å². The number of carbonyl (C=O) groups excluding carboxylic acids is 1. The van der Waals surface area contributed by atoms with Crippen molar-refractivity contribution >= 4 is 16.7 Å². The second-order valence-electron chi connectivity index (χ2n) is 5.76. The van der Waals surface area contributed by atoms with Gasteiger partial charge in [-0.15, -0.1) is 0 Å². The van der Waals surface area contributed by atoms with Gasteiger partial charge in [0.25, 0.3) is 0 Å². The maximum absolute atomic E-state index is 12.1. The van der Waals surface area contributed by atoms with E-state index in [0.717, 1.165) is 30.5 Å². The van der Waals surface area contributed by atoms with Gasteiger partial charge in [-0.05, 0) is 35.6 Å². The molecule has 0 heterocycles. The van der Waals surface area contributed by atoms with Crippen LogP contribution in [-0.2, 0) is 16.0 Å². The number of amides is 1. The van der Waals surface area contributed by atoms with Crippen LogP contribution in [0.2, 0.25) is 0 Å². The molecule has 0 saturated heterocycles. The second kappa shape index (κ2) is 7.29. The normalized spacial score (nSPS) is 14.3. The van der Waals surface area contributed by atoms with Gasteiger partial charge in [0.15, 0.2) is 6.79 Å². The fourth-order valence-electron chi connectivity index (χ4n) is 2.97. The van der Waals surface area contributed by atoms with Gasteiger partial charge in [-0.3, -0.25) is 4.79 Å². The van der Waals surface area contributed by atoms with E-state index in [2.05, 4.69) is 35.6 Å². The lowest BCUT2D eigenvalue weighted by Crippen LogP contribution is -2.23. The lowest BCUT2D eigenvalue weighted by molar-refractivity contribution is -0.120. The van der Waals surface area contributed by atoms with Gasteiger partial charge in [0.05, 0.1) is 5.70 Å². The van der Waals surface area contributed by atoms with Crippen LogP contribution in [0.3, 0.4) is 0 Å². The lowest BCUT2D eigenvalue weighted by atomic mass is 10.0. The molecular formula is C19H21NO3. The van der Waals surface area contributed by atoms with Crippen molar-refractivity contribution in [1.29, 1.82) is 0 Å². The third kappa shape index (κ3) is 3.90. The molecule has 0 aromatic heterocycles. The molecule has 23 heavy (non-hydrogen) atoms. The average molecular weight is 311 g/mol. The first-order valence-corrected chi connectivity index (χ1v) is 7.99. The molecule has 0 unspecified atom stereocenters. The Hall–Kier alpha value is -2.33. The van der Waals surface area contributed by atoms with Crippen LogP contribution in [-0.4, -0.2) is 17.8 Å². The Morgan fingerprint density at radius 1 is 1.13 bits per heavy atom. The predicted octanol–water partition coefficient (Wildman–Crippen LogP) is 3.25. The SMILES string of the molecule is O=C(CCc1ccc2ccccc2c1)NC1=C(OCO)CCC1. The maximum atomic E-state index is 12.1. The summed E-state index contributed by atoms with van der Waals surface area (Å²) in [6, 6.07) is 14.5. The number of aliphatic hydroxyl groups excluding tert-OH is 1. The van der Waals surface area contributed by atoms with Gasteiger partial charge in [0.2, 0.25) is 5.91 Å². The standard InChI is InChI=1S/C19H21NO3/c21-13-23-18-7-3-6-17(18)20-19(22)11-9-14-8-10-15-4-1-2-5-16(15)12-14/h1-2,4-5,8,10,12,21H,3,6-7,9,11,13H2,(H,20,22). The Morgan fingerprint density at radius 3 is 2.78 bits per heavy atom. The molecule has 4 nitrogen and oxygen atoms in total. The molecule has 1 aliphatic carbocycles. The van der Waals surface area contributed by atoms with E-state index in [9.17, 15) is 4.79 Å². The van der Waals surface area contributed by atoms with Crippen molar-refractivity contribution < 1.29 is 14.6 Å². The summed E-state index contributed by atoms with van der Waals surface area (Å²) in [5, 5.41) is 14.2. The number of fused-ring (bicyclic) bond motifs is 1. The van der Waals surface area contributed by atoms with E-state index in [1.165, 1.54) is 10.8 Å².